The molecule has 0 aliphatic heterocycles. The van der Waals surface area contributed by atoms with E-state index in [1.807, 2.05) is 0 Å². The number of halogens is 3. The van der Waals surface area contributed by atoms with Gasteiger partial charge in [0.05, 0.1) is 23.0 Å². The second-order valence-electron chi connectivity index (χ2n) is 7.73. The highest BCUT2D eigenvalue weighted by molar-refractivity contribution is 7.17. The van der Waals surface area contributed by atoms with E-state index in [2.05, 4.69) is 31.1 Å². The number of rotatable bonds is 8. The SMILES string of the molecule is CC(CNC(=O)c1cccs1)NC(=O)c1sc(NC(=O)Cc2cccc3[nH]ncc23)nc1C(F)(F)F. The molecule has 0 bridgehead atoms. The number of H-pyrrole nitrogens is 1. The van der Waals surface area contributed by atoms with Crippen molar-refractivity contribution < 1.29 is 27.6 Å². The fourth-order valence-electron chi connectivity index (χ4n) is 3.32. The second kappa shape index (κ2) is 10.5. The van der Waals surface area contributed by atoms with Crippen molar-refractivity contribution in [2.75, 3.05) is 11.9 Å². The standard InChI is InChI=1S/C22H19F3N6O3S2/c1-11(9-26-19(33)15-6-3-7-35-15)28-20(34)17-18(22(23,24)25)30-21(36-17)29-16(32)8-12-4-2-5-14-13(12)10-27-31-14/h2-7,10-11H,8-9H2,1H3,(H,26,33)(H,27,31)(H,28,34)(H,29,30,32). The van der Waals surface area contributed by atoms with E-state index in [-0.39, 0.29) is 24.0 Å². The fourth-order valence-corrected chi connectivity index (χ4v) is 4.87. The molecule has 0 fully saturated rings. The van der Waals surface area contributed by atoms with E-state index in [0.717, 1.165) is 0 Å². The van der Waals surface area contributed by atoms with E-state index in [9.17, 15) is 27.6 Å². The highest BCUT2D eigenvalue weighted by Gasteiger charge is 2.40. The van der Waals surface area contributed by atoms with E-state index in [1.165, 1.54) is 11.3 Å². The van der Waals surface area contributed by atoms with Crippen LogP contribution in [0, 0.1) is 0 Å². The molecule has 0 aliphatic rings. The van der Waals surface area contributed by atoms with Gasteiger partial charge >= 0.3 is 6.18 Å². The van der Waals surface area contributed by atoms with Gasteiger partial charge in [0, 0.05) is 18.0 Å². The molecule has 0 saturated carbocycles. The zero-order valence-electron chi connectivity index (χ0n) is 18.6. The quantitative estimate of drug-likeness (QED) is 0.272. The first-order valence-electron chi connectivity index (χ1n) is 10.5. The Kier molecular flexibility index (Phi) is 7.35. The monoisotopic (exact) mass is 536 g/mol. The molecular formula is C22H19F3N6O3S2. The van der Waals surface area contributed by atoms with Crippen LogP contribution in [0.25, 0.3) is 10.9 Å². The molecule has 0 saturated heterocycles. The van der Waals surface area contributed by atoms with Crippen LogP contribution >= 0.6 is 22.7 Å². The molecule has 0 aliphatic carbocycles. The van der Waals surface area contributed by atoms with Crippen LogP contribution in [0.5, 0.6) is 0 Å². The van der Waals surface area contributed by atoms with Gasteiger partial charge in [-0.05, 0) is 30.0 Å². The topological polar surface area (TPSA) is 129 Å². The summed E-state index contributed by atoms with van der Waals surface area (Å²) in [6, 6.07) is 7.87. The third kappa shape index (κ3) is 5.88. The molecule has 1 atom stereocenters. The Morgan fingerprint density at radius 3 is 2.67 bits per heavy atom. The molecule has 1 aromatic carbocycles. The number of amides is 3. The molecule has 3 heterocycles. The third-order valence-electron chi connectivity index (χ3n) is 4.97. The fraction of sp³-hybridized carbons (Fsp3) is 0.227. The number of anilines is 1. The van der Waals surface area contributed by atoms with Crippen molar-refractivity contribution in [3.63, 3.8) is 0 Å². The van der Waals surface area contributed by atoms with E-state index in [1.54, 1.807) is 48.8 Å². The molecule has 188 valence electrons. The van der Waals surface area contributed by atoms with Crippen molar-refractivity contribution >= 4 is 56.4 Å². The minimum Gasteiger partial charge on any atom is -0.349 e. The third-order valence-corrected chi connectivity index (χ3v) is 6.80. The number of hydrogen-bond donors (Lipinski definition) is 4. The normalized spacial score (nSPS) is 12.3. The molecule has 3 amide bonds. The van der Waals surface area contributed by atoms with Gasteiger partial charge in [-0.3, -0.25) is 19.5 Å². The summed E-state index contributed by atoms with van der Waals surface area (Å²) in [5, 5.41) is 16.2. The Morgan fingerprint density at radius 2 is 1.94 bits per heavy atom. The van der Waals surface area contributed by atoms with Gasteiger partial charge in [0.1, 0.15) is 4.88 Å². The lowest BCUT2D eigenvalue weighted by molar-refractivity contribution is -0.141. The summed E-state index contributed by atoms with van der Waals surface area (Å²) < 4.78 is 40.7. The van der Waals surface area contributed by atoms with Crippen LogP contribution < -0.4 is 16.0 Å². The first-order chi connectivity index (χ1) is 17.1. The van der Waals surface area contributed by atoms with Crippen LogP contribution in [0.3, 0.4) is 0 Å². The molecule has 4 aromatic rings. The maximum atomic E-state index is 13.6. The minimum atomic E-state index is -4.91. The number of thiazole rings is 1. The largest absolute Gasteiger partial charge is 0.435 e. The van der Waals surface area contributed by atoms with E-state index in [0.29, 0.717) is 32.7 Å². The van der Waals surface area contributed by atoms with Crippen molar-refractivity contribution in [3.8, 4) is 0 Å². The van der Waals surface area contributed by atoms with Crippen molar-refractivity contribution in [3.05, 3.63) is 62.9 Å². The maximum absolute atomic E-state index is 13.6. The number of carbonyl (C=O) groups is 3. The molecule has 9 nitrogen and oxygen atoms in total. The van der Waals surface area contributed by atoms with Gasteiger partial charge in [0.25, 0.3) is 11.8 Å². The Balaban J connectivity index is 1.42. The summed E-state index contributed by atoms with van der Waals surface area (Å²) in [6.07, 6.45) is -3.49. The Hall–Kier alpha value is -3.78. The van der Waals surface area contributed by atoms with Gasteiger partial charge in [-0.15, -0.1) is 11.3 Å². The molecule has 0 radical (unpaired) electrons. The summed E-state index contributed by atoms with van der Waals surface area (Å²) in [4.78, 5) is 40.4. The number of nitrogens with one attached hydrogen (secondary N) is 4. The summed E-state index contributed by atoms with van der Waals surface area (Å²) in [6.45, 7) is 1.55. The second-order valence-corrected chi connectivity index (χ2v) is 9.68. The number of carbonyl (C=O) groups excluding carboxylic acids is 3. The zero-order chi connectivity index (χ0) is 25.9. The van der Waals surface area contributed by atoms with Crippen LogP contribution in [-0.4, -0.2) is 45.5 Å². The highest BCUT2D eigenvalue weighted by Crippen LogP contribution is 2.36. The first kappa shape index (κ1) is 25.3. The lowest BCUT2D eigenvalue weighted by Crippen LogP contribution is -2.41. The van der Waals surface area contributed by atoms with Crippen LogP contribution in [-0.2, 0) is 17.4 Å². The molecule has 4 N–H and O–H groups in total. The molecule has 3 aromatic heterocycles. The molecular weight excluding hydrogens is 517 g/mol. The number of alkyl halides is 3. The van der Waals surface area contributed by atoms with Crippen LogP contribution in [0.2, 0.25) is 0 Å². The number of fused-ring (bicyclic) bond motifs is 1. The maximum Gasteiger partial charge on any atom is 0.435 e. The van der Waals surface area contributed by atoms with Gasteiger partial charge in [-0.1, -0.05) is 29.5 Å². The number of benzene rings is 1. The van der Waals surface area contributed by atoms with E-state index >= 15 is 0 Å². The van der Waals surface area contributed by atoms with Gasteiger partial charge in [0.15, 0.2) is 10.8 Å². The molecule has 4 rings (SSSR count). The Morgan fingerprint density at radius 1 is 1.14 bits per heavy atom. The van der Waals surface area contributed by atoms with Crippen molar-refractivity contribution in [1.29, 1.82) is 0 Å². The number of aromatic nitrogens is 3. The number of nitrogens with zero attached hydrogens (tertiary/aromatic N) is 2. The summed E-state index contributed by atoms with van der Waals surface area (Å²) >= 11 is 1.66. The van der Waals surface area contributed by atoms with Crippen LogP contribution in [0.15, 0.2) is 41.9 Å². The predicted octanol–water partition coefficient (Wildman–Crippen LogP) is 3.83. The number of aromatic amines is 1. The van der Waals surface area contributed by atoms with Crippen molar-refractivity contribution in [2.45, 2.75) is 25.6 Å². The smallest absolute Gasteiger partial charge is 0.349 e. The average Bonchev–Trinajstić information content (AvgIpc) is 3.57. The Bertz CT molecular complexity index is 1400. The summed E-state index contributed by atoms with van der Waals surface area (Å²) in [5.41, 5.74) is -0.0524. The van der Waals surface area contributed by atoms with Gasteiger partial charge < -0.3 is 16.0 Å². The van der Waals surface area contributed by atoms with E-state index < -0.39 is 34.6 Å². The van der Waals surface area contributed by atoms with Crippen LogP contribution in [0.1, 0.15) is 37.5 Å². The predicted molar refractivity (Wildman–Crippen MR) is 129 cm³/mol. The van der Waals surface area contributed by atoms with Gasteiger partial charge in [-0.25, -0.2) is 4.98 Å². The van der Waals surface area contributed by atoms with Gasteiger partial charge in [0.2, 0.25) is 5.91 Å². The lowest BCUT2D eigenvalue weighted by atomic mass is 10.1. The summed E-state index contributed by atoms with van der Waals surface area (Å²) in [5.74, 6) is -1.96. The molecule has 1 unspecified atom stereocenters. The van der Waals surface area contributed by atoms with E-state index in [4.69, 9.17) is 0 Å². The molecule has 14 heteroatoms. The first-order valence-corrected chi connectivity index (χ1v) is 12.2. The number of thiophene rings is 1. The van der Waals surface area contributed by atoms with Crippen LogP contribution in [0.4, 0.5) is 18.3 Å². The molecule has 0 spiro atoms. The van der Waals surface area contributed by atoms with Crippen molar-refractivity contribution in [1.82, 2.24) is 25.8 Å². The minimum absolute atomic E-state index is 0.00573. The Labute approximate surface area is 210 Å². The summed E-state index contributed by atoms with van der Waals surface area (Å²) in [7, 11) is 0. The zero-order valence-corrected chi connectivity index (χ0v) is 20.2. The van der Waals surface area contributed by atoms with Crippen molar-refractivity contribution in [2.24, 2.45) is 0 Å². The highest BCUT2D eigenvalue weighted by atomic mass is 32.1. The molecule has 36 heavy (non-hydrogen) atoms. The number of hydrogen-bond acceptors (Lipinski definition) is 7. The lowest BCUT2D eigenvalue weighted by Gasteiger charge is -2.14. The van der Waals surface area contributed by atoms with Gasteiger partial charge in [-0.2, -0.15) is 18.3 Å². The average molecular weight is 537 g/mol.